The SMILES string of the molecule is Cl.O=C(CNCC1CC1)NC(c1ccccc1)c1cccc(F)c1. The highest BCUT2D eigenvalue weighted by Crippen LogP contribution is 2.27. The Hall–Kier alpha value is -1.91. The number of halogens is 2. The van der Waals surface area contributed by atoms with Crippen molar-refractivity contribution < 1.29 is 9.18 Å². The second kappa shape index (κ2) is 8.81. The summed E-state index contributed by atoms with van der Waals surface area (Å²) in [4.78, 5) is 12.2. The van der Waals surface area contributed by atoms with Crippen molar-refractivity contribution in [3.63, 3.8) is 0 Å². The van der Waals surface area contributed by atoms with Gasteiger partial charge in [0.25, 0.3) is 0 Å². The largest absolute Gasteiger partial charge is 0.344 e. The standard InChI is InChI=1S/C19H21FN2O.ClH/c20-17-8-4-7-16(11-17)19(15-5-2-1-3-6-15)22-18(23)13-21-12-14-9-10-14;/h1-8,11,14,19,21H,9-10,12-13H2,(H,22,23);1H. The highest BCUT2D eigenvalue weighted by atomic mass is 35.5. The summed E-state index contributed by atoms with van der Waals surface area (Å²) in [7, 11) is 0. The van der Waals surface area contributed by atoms with Crippen LogP contribution in [0.5, 0.6) is 0 Å². The Morgan fingerprint density at radius 3 is 2.46 bits per heavy atom. The number of amides is 1. The lowest BCUT2D eigenvalue weighted by Crippen LogP contribution is -2.37. The van der Waals surface area contributed by atoms with Crippen LogP contribution in [0.2, 0.25) is 0 Å². The summed E-state index contributed by atoms with van der Waals surface area (Å²) in [6.45, 7) is 1.18. The fourth-order valence-electron chi connectivity index (χ4n) is 2.61. The van der Waals surface area contributed by atoms with Crippen molar-refractivity contribution in [2.45, 2.75) is 18.9 Å². The highest BCUT2D eigenvalue weighted by molar-refractivity contribution is 5.85. The molecule has 1 atom stereocenters. The molecule has 1 saturated carbocycles. The molecule has 128 valence electrons. The minimum absolute atomic E-state index is 0. The van der Waals surface area contributed by atoms with Gasteiger partial charge in [-0.1, -0.05) is 42.5 Å². The van der Waals surface area contributed by atoms with Crippen LogP contribution in [-0.2, 0) is 4.79 Å². The van der Waals surface area contributed by atoms with Crippen LogP contribution in [0.25, 0.3) is 0 Å². The molecule has 24 heavy (non-hydrogen) atoms. The quantitative estimate of drug-likeness (QED) is 0.804. The molecule has 0 radical (unpaired) electrons. The zero-order chi connectivity index (χ0) is 16.1. The van der Waals surface area contributed by atoms with E-state index in [1.165, 1.54) is 25.0 Å². The number of carbonyl (C=O) groups is 1. The molecule has 0 aliphatic heterocycles. The molecule has 0 aromatic heterocycles. The lowest BCUT2D eigenvalue weighted by atomic mass is 9.98. The molecule has 0 spiro atoms. The normalized spacial score (nSPS) is 14.5. The van der Waals surface area contributed by atoms with E-state index in [-0.39, 0.29) is 36.7 Å². The maximum atomic E-state index is 13.6. The molecule has 2 aromatic carbocycles. The Morgan fingerprint density at radius 1 is 1.08 bits per heavy atom. The Labute approximate surface area is 148 Å². The van der Waals surface area contributed by atoms with E-state index in [2.05, 4.69) is 10.6 Å². The molecular weight excluding hydrogens is 327 g/mol. The summed E-state index contributed by atoms with van der Waals surface area (Å²) < 4.78 is 13.6. The van der Waals surface area contributed by atoms with Crippen molar-refractivity contribution in [3.05, 3.63) is 71.5 Å². The number of rotatable bonds is 7. The first-order valence-corrected chi connectivity index (χ1v) is 8.03. The molecule has 1 fully saturated rings. The first-order valence-electron chi connectivity index (χ1n) is 8.03. The van der Waals surface area contributed by atoms with Crippen LogP contribution in [0.4, 0.5) is 4.39 Å². The molecule has 2 aromatic rings. The summed E-state index contributed by atoms with van der Waals surface area (Å²) in [6.07, 6.45) is 2.51. The average molecular weight is 349 g/mol. The Kier molecular flexibility index (Phi) is 6.76. The Bertz CT molecular complexity index is 661. The third-order valence-electron chi connectivity index (χ3n) is 4.04. The third-order valence-corrected chi connectivity index (χ3v) is 4.04. The van der Waals surface area contributed by atoms with Crippen LogP contribution in [0.15, 0.2) is 54.6 Å². The van der Waals surface area contributed by atoms with E-state index in [1.54, 1.807) is 6.07 Å². The van der Waals surface area contributed by atoms with Crippen LogP contribution in [0.3, 0.4) is 0 Å². The van der Waals surface area contributed by atoms with Crippen LogP contribution in [-0.4, -0.2) is 19.0 Å². The van der Waals surface area contributed by atoms with Crippen LogP contribution in [0.1, 0.15) is 30.0 Å². The molecular formula is C19H22ClFN2O. The number of hydrogen-bond donors (Lipinski definition) is 2. The molecule has 0 heterocycles. The third kappa shape index (κ3) is 5.32. The minimum atomic E-state index is -0.345. The molecule has 2 N–H and O–H groups in total. The van der Waals surface area contributed by atoms with Crippen molar-refractivity contribution >= 4 is 18.3 Å². The van der Waals surface area contributed by atoms with Gasteiger partial charge in [0.2, 0.25) is 5.91 Å². The van der Waals surface area contributed by atoms with E-state index >= 15 is 0 Å². The average Bonchev–Trinajstić information content (AvgIpc) is 3.38. The monoisotopic (exact) mass is 348 g/mol. The van der Waals surface area contributed by atoms with Gasteiger partial charge >= 0.3 is 0 Å². The second-order valence-corrected chi connectivity index (χ2v) is 6.04. The van der Waals surface area contributed by atoms with Gasteiger partial charge in [0.15, 0.2) is 0 Å². The van der Waals surface area contributed by atoms with Crippen molar-refractivity contribution in [2.24, 2.45) is 5.92 Å². The predicted molar refractivity (Wildman–Crippen MR) is 95.7 cm³/mol. The lowest BCUT2D eigenvalue weighted by molar-refractivity contribution is -0.120. The van der Waals surface area contributed by atoms with Gasteiger partial charge in [0, 0.05) is 0 Å². The van der Waals surface area contributed by atoms with Gasteiger partial charge in [0.05, 0.1) is 12.6 Å². The fourth-order valence-corrected chi connectivity index (χ4v) is 2.61. The molecule has 0 bridgehead atoms. The summed E-state index contributed by atoms with van der Waals surface area (Å²) in [6, 6.07) is 15.7. The van der Waals surface area contributed by atoms with E-state index in [9.17, 15) is 9.18 Å². The van der Waals surface area contributed by atoms with E-state index in [1.807, 2.05) is 36.4 Å². The van der Waals surface area contributed by atoms with Gasteiger partial charge in [-0.05, 0) is 48.6 Å². The second-order valence-electron chi connectivity index (χ2n) is 6.04. The number of benzene rings is 2. The van der Waals surface area contributed by atoms with Gasteiger partial charge < -0.3 is 10.6 Å². The smallest absolute Gasteiger partial charge is 0.234 e. The summed E-state index contributed by atoms with van der Waals surface area (Å²) in [5.74, 6) is 0.351. The zero-order valence-electron chi connectivity index (χ0n) is 13.4. The van der Waals surface area contributed by atoms with E-state index in [0.29, 0.717) is 0 Å². The van der Waals surface area contributed by atoms with Gasteiger partial charge in [-0.2, -0.15) is 0 Å². The Balaban J connectivity index is 0.00000208. The van der Waals surface area contributed by atoms with E-state index in [0.717, 1.165) is 23.6 Å². The molecule has 3 nitrogen and oxygen atoms in total. The van der Waals surface area contributed by atoms with Crippen LogP contribution in [0, 0.1) is 11.7 Å². The number of carbonyl (C=O) groups excluding carboxylic acids is 1. The molecule has 1 aliphatic carbocycles. The maximum absolute atomic E-state index is 13.6. The molecule has 3 rings (SSSR count). The van der Waals surface area contributed by atoms with Gasteiger partial charge in [-0.3, -0.25) is 4.79 Å². The van der Waals surface area contributed by atoms with E-state index in [4.69, 9.17) is 0 Å². The molecule has 5 heteroatoms. The Morgan fingerprint density at radius 2 is 1.79 bits per heavy atom. The van der Waals surface area contributed by atoms with Crippen molar-refractivity contribution in [1.82, 2.24) is 10.6 Å². The van der Waals surface area contributed by atoms with Gasteiger partial charge in [-0.25, -0.2) is 4.39 Å². The first-order chi connectivity index (χ1) is 11.2. The summed E-state index contributed by atoms with van der Waals surface area (Å²) >= 11 is 0. The van der Waals surface area contributed by atoms with Gasteiger partial charge in [-0.15, -0.1) is 12.4 Å². The predicted octanol–water partition coefficient (Wildman–Crippen LogP) is 3.45. The minimum Gasteiger partial charge on any atom is -0.344 e. The topological polar surface area (TPSA) is 41.1 Å². The molecule has 0 saturated heterocycles. The van der Waals surface area contributed by atoms with Crippen molar-refractivity contribution in [2.75, 3.05) is 13.1 Å². The van der Waals surface area contributed by atoms with Crippen molar-refractivity contribution in [1.29, 1.82) is 0 Å². The maximum Gasteiger partial charge on any atom is 0.234 e. The number of hydrogen-bond acceptors (Lipinski definition) is 2. The van der Waals surface area contributed by atoms with Crippen LogP contribution >= 0.6 is 12.4 Å². The van der Waals surface area contributed by atoms with Crippen LogP contribution < -0.4 is 10.6 Å². The molecule has 1 amide bonds. The number of nitrogens with one attached hydrogen (secondary N) is 2. The first kappa shape index (κ1) is 18.4. The summed E-state index contributed by atoms with van der Waals surface area (Å²) in [5, 5.41) is 6.18. The molecule has 1 aliphatic rings. The van der Waals surface area contributed by atoms with Crippen molar-refractivity contribution in [3.8, 4) is 0 Å². The van der Waals surface area contributed by atoms with E-state index < -0.39 is 0 Å². The lowest BCUT2D eigenvalue weighted by Gasteiger charge is -2.20. The fraction of sp³-hybridized carbons (Fsp3) is 0.316. The zero-order valence-corrected chi connectivity index (χ0v) is 14.2. The molecule has 1 unspecified atom stereocenters. The highest BCUT2D eigenvalue weighted by Gasteiger charge is 2.21. The summed E-state index contributed by atoms with van der Waals surface area (Å²) in [5.41, 5.74) is 1.68. The van der Waals surface area contributed by atoms with Gasteiger partial charge in [0.1, 0.15) is 5.82 Å².